The van der Waals surface area contributed by atoms with Crippen LogP contribution in [0, 0.1) is 18.3 Å². The number of aryl methyl sites for hydroxylation is 1. The fraction of sp³-hybridized carbons (Fsp3) is 0.333. The highest BCUT2D eigenvalue weighted by Gasteiger charge is 2.18. The summed E-state index contributed by atoms with van der Waals surface area (Å²) < 4.78 is 5.73. The van der Waals surface area contributed by atoms with Gasteiger partial charge in [-0.2, -0.15) is 5.26 Å². The van der Waals surface area contributed by atoms with Gasteiger partial charge in [-0.05, 0) is 32.4 Å². The van der Waals surface area contributed by atoms with Crippen LogP contribution >= 0.6 is 11.3 Å². The van der Waals surface area contributed by atoms with E-state index in [1.165, 1.54) is 11.3 Å². The molecule has 0 aliphatic carbocycles. The maximum atomic E-state index is 9.10. The maximum Gasteiger partial charge on any atom is 0.178 e. The normalized spacial score (nSPS) is 10.4. The number of pyridine rings is 1. The van der Waals surface area contributed by atoms with Crippen molar-refractivity contribution in [2.45, 2.75) is 33.4 Å². The fourth-order valence-electron chi connectivity index (χ4n) is 1.85. The summed E-state index contributed by atoms with van der Waals surface area (Å²) in [4.78, 5) is 4.80. The highest BCUT2D eigenvalue weighted by Crippen LogP contribution is 2.42. The fourth-order valence-corrected chi connectivity index (χ4v) is 2.70. The minimum absolute atomic E-state index is 0.00872. The molecule has 0 radical (unpaired) electrons. The van der Waals surface area contributed by atoms with Crippen LogP contribution in [0.3, 0.4) is 0 Å². The van der Waals surface area contributed by atoms with E-state index < -0.39 is 0 Å². The molecule has 0 saturated carbocycles. The molecule has 0 fully saturated rings. The molecule has 0 amide bonds. The molecule has 2 rings (SSSR count). The largest absolute Gasteiger partial charge is 0.486 e. The highest BCUT2D eigenvalue weighted by atomic mass is 32.1. The monoisotopic (exact) mass is 302 g/mol. The molecule has 2 heterocycles. The Balaban J connectivity index is 2.23. The lowest BCUT2D eigenvalue weighted by molar-refractivity contribution is 0.246. The molecular weight excluding hydrogens is 284 g/mol. The summed E-state index contributed by atoms with van der Waals surface area (Å²) in [6.45, 7) is 6.43. The van der Waals surface area contributed by atoms with E-state index in [1.54, 1.807) is 6.20 Å². The lowest BCUT2D eigenvalue weighted by atomic mass is 10.2. The number of thiophene rings is 1. The van der Waals surface area contributed by atoms with Crippen LogP contribution in [0.2, 0.25) is 0 Å². The van der Waals surface area contributed by atoms with Crippen molar-refractivity contribution in [1.29, 1.82) is 5.26 Å². The predicted molar refractivity (Wildman–Crippen MR) is 85.5 cm³/mol. The Morgan fingerprint density at radius 3 is 2.90 bits per heavy atom. The quantitative estimate of drug-likeness (QED) is 0.885. The lowest BCUT2D eigenvalue weighted by Crippen LogP contribution is -2.09. The van der Waals surface area contributed by atoms with Gasteiger partial charge in [-0.25, -0.2) is 0 Å². The molecule has 0 unspecified atom stereocenters. The third-order valence-corrected chi connectivity index (χ3v) is 3.94. The summed E-state index contributed by atoms with van der Waals surface area (Å²) in [5, 5.41) is 13.1. The summed E-state index contributed by atoms with van der Waals surface area (Å²) in [6, 6.07) is 6.02. The number of nitriles is 1. The first-order valence-corrected chi connectivity index (χ1v) is 7.48. The van der Waals surface area contributed by atoms with Gasteiger partial charge in [0.25, 0.3) is 0 Å². The first-order valence-electron chi connectivity index (χ1n) is 6.66. The molecule has 0 spiro atoms. The highest BCUT2D eigenvalue weighted by molar-refractivity contribution is 7.17. The average Bonchev–Trinajstić information content (AvgIpc) is 2.74. The molecule has 0 aliphatic rings. The smallest absolute Gasteiger partial charge is 0.178 e. The Bertz CT molecular complexity index is 673. The number of anilines is 2. The summed E-state index contributed by atoms with van der Waals surface area (Å²) in [5.41, 5.74) is 8.44. The Kier molecular flexibility index (Phi) is 4.66. The van der Waals surface area contributed by atoms with Crippen LogP contribution in [0.4, 0.5) is 10.7 Å². The molecule has 2 aromatic heterocycles. The minimum Gasteiger partial charge on any atom is -0.486 e. The summed E-state index contributed by atoms with van der Waals surface area (Å²) >= 11 is 1.30. The topological polar surface area (TPSA) is 84.0 Å². The van der Waals surface area contributed by atoms with E-state index in [0.29, 0.717) is 22.9 Å². The van der Waals surface area contributed by atoms with Crippen LogP contribution in [0.15, 0.2) is 18.3 Å². The van der Waals surface area contributed by atoms with Gasteiger partial charge in [-0.3, -0.25) is 4.98 Å². The van der Waals surface area contributed by atoms with Gasteiger partial charge in [0.2, 0.25) is 0 Å². The number of nitrogens with zero attached hydrogens (tertiary/aromatic N) is 2. The van der Waals surface area contributed by atoms with Gasteiger partial charge in [0.05, 0.1) is 18.3 Å². The van der Waals surface area contributed by atoms with E-state index in [1.807, 2.05) is 32.9 Å². The second-order valence-corrected chi connectivity index (χ2v) is 5.92. The van der Waals surface area contributed by atoms with Crippen molar-refractivity contribution in [2.24, 2.45) is 0 Å². The minimum atomic E-state index is -0.00872. The van der Waals surface area contributed by atoms with Gasteiger partial charge < -0.3 is 15.8 Å². The number of nitrogens with two attached hydrogens (primary N) is 1. The van der Waals surface area contributed by atoms with Crippen LogP contribution in [0.1, 0.15) is 30.0 Å². The molecule has 6 heteroatoms. The van der Waals surface area contributed by atoms with Crippen molar-refractivity contribution < 1.29 is 4.74 Å². The van der Waals surface area contributed by atoms with Gasteiger partial charge in [-0.15, -0.1) is 11.3 Å². The van der Waals surface area contributed by atoms with Crippen LogP contribution in [-0.2, 0) is 6.54 Å². The molecule has 5 nitrogen and oxygen atoms in total. The molecular formula is C15H18N4OS. The Labute approximate surface area is 128 Å². The first kappa shape index (κ1) is 15.1. The molecule has 21 heavy (non-hydrogen) atoms. The van der Waals surface area contributed by atoms with Crippen molar-refractivity contribution in [1.82, 2.24) is 4.98 Å². The zero-order valence-electron chi connectivity index (χ0n) is 12.3. The van der Waals surface area contributed by atoms with E-state index in [9.17, 15) is 0 Å². The number of aromatic nitrogens is 1. The standard InChI is InChI=1S/C15H18N4OS/c1-9(2)20-14-13(17)12(7-16)21-15(14)19-8-11-10(3)5-4-6-18-11/h4-6,9,19H,8,17H2,1-3H3. The van der Waals surface area contributed by atoms with Gasteiger partial charge in [-0.1, -0.05) is 6.07 Å². The van der Waals surface area contributed by atoms with Crippen LogP contribution in [0.25, 0.3) is 0 Å². The van der Waals surface area contributed by atoms with Crippen molar-refractivity contribution in [2.75, 3.05) is 11.1 Å². The third-order valence-electron chi connectivity index (χ3n) is 2.89. The van der Waals surface area contributed by atoms with Gasteiger partial charge >= 0.3 is 0 Å². The van der Waals surface area contributed by atoms with E-state index in [-0.39, 0.29) is 6.10 Å². The van der Waals surface area contributed by atoms with Crippen LogP contribution in [-0.4, -0.2) is 11.1 Å². The van der Waals surface area contributed by atoms with E-state index >= 15 is 0 Å². The van der Waals surface area contributed by atoms with Gasteiger partial charge in [0.1, 0.15) is 21.6 Å². The van der Waals surface area contributed by atoms with Gasteiger partial charge in [0.15, 0.2) is 5.75 Å². The zero-order chi connectivity index (χ0) is 15.4. The number of hydrogen-bond acceptors (Lipinski definition) is 6. The van der Waals surface area contributed by atoms with Gasteiger partial charge in [0, 0.05) is 6.20 Å². The molecule has 110 valence electrons. The van der Waals surface area contributed by atoms with Crippen molar-refractivity contribution >= 4 is 22.0 Å². The Morgan fingerprint density at radius 2 is 2.29 bits per heavy atom. The Hall–Kier alpha value is -2.26. The van der Waals surface area contributed by atoms with E-state index in [4.69, 9.17) is 15.7 Å². The number of hydrogen-bond donors (Lipinski definition) is 2. The van der Waals surface area contributed by atoms with Crippen molar-refractivity contribution in [3.8, 4) is 11.8 Å². The number of nitrogen functional groups attached to an aromatic ring is 1. The molecule has 0 aliphatic heterocycles. The van der Waals surface area contributed by atoms with Crippen molar-refractivity contribution in [3.05, 3.63) is 34.5 Å². The zero-order valence-corrected chi connectivity index (χ0v) is 13.1. The second kappa shape index (κ2) is 6.46. The second-order valence-electron chi connectivity index (χ2n) is 4.90. The predicted octanol–water partition coefficient (Wildman–Crippen LogP) is 3.30. The maximum absolute atomic E-state index is 9.10. The third kappa shape index (κ3) is 3.44. The van der Waals surface area contributed by atoms with Crippen LogP contribution < -0.4 is 15.8 Å². The Morgan fingerprint density at radius 1 is 1.52 bits per heavy atom. The molecule has 0 atom stereocenters. The molecule has 0 aromatic carbocycles. The van der Waals surface area contributed by atoms with Crippen LogP contribution in [0.5, 0.6) is 5.75 Å². The lowest BCUT2D eigenvalue weighted by Gasteiger charge is -2.13. The number of ether oxygens (including phenoxy) is 1. The SMILES string of the molecule is Cc1cccnc1CNc1sc(C#N)c(N)c1OC(C)C. The van der Waals surface area contributed by atoms with E-state index in [0.717, 1.165) is 16.3 Å². The molecule has 2 aromatic rings. The molecule has 0 bridgehead atoms. The van der Waals surface area contributed by atoms with Crippen molar-refractivity contribution in [3.63, 3.8) is 0 Å². The number of nitrogens with one attached hydrogen (secondary N) is 1. The molecule has 3 N–H and O–H groups in total. The molecule has 0 saturated heterocycles. The summed E-state index contributed by atoms with van der Waals surface area (Å²) in [6.07, 6.45) is 1.75. The summed E-state index contributed by atoms with van der Waals surface area (Å²) in [5.74, 6) is 0.556. The number of rotatable bonds is 5. The average molecular weight is 302 g/mol. The first-order chi connectivity index (χ1) is 10.0. The summed E-state index contributed by atoms with van der Waals surface area (Å²) in [7, 11) is 0. The van der Waals surface area contributed by atoms with E-state index in [2.05, 4.69) is 16.4 Å².